The van der Waals surface area contributed by atoms with Crippen molar-refractivity contribution in [2.75, 3.05) is 18.1 Å². The molecule has 0 atom stereocenters. The van der Waals surface area contributed by atoms with Gasteiger partial charge in [0.15, 0.2) is 11.5 Å². The zero-order valence-electron chi connectivity index (χ0n) is 17.6. The van der Waals surface area contributed by atoms with E-state index >= 15 is 0 Å². The van der Waals surface area contributed by atoms with Gasteiger partial charge in [0.05, 0.1) is 29.0 Å². The van der Waals surface area contributed by atoms with Crippen LogP contribution >= 0.6 is 0 Å². The Bertz CT molecular complexity index is 1290. The lowest BCUT2D eigenvalue weighted by atomic mass is 10.2. The average molecular weight is 468 g/mol. The van der Waals surface area contributed by atoms with Gasteiger partial charge < -0.3 is 14.2 Å². The molecular formula is C23H21N3O6S. The van der Waals surface area contributed by atoms with Gasteiger partial charge in [-0.05, 0) is 67.1 Å². The Balaban J connectivity index is 1.46. The van der Waals surface area contributed by atoms with Crippen LogP contribution in [-0.2, 0) is 10.0 Å². The highest BCUT2D eigenvalue weighted by Crippen LogP contribution is 2.32. The van der Waals surface area contributed by atoms with E-state index in [0.717, 1.165) is 0 Å². The average Bonchev–Trinajstić information content (AvgIpc) is 3.28. The normalized spacial score (nSPS) is 12.5. The van der Waals surface area contributed by atoms with Gasteiger partial charge in [0.2, 0.25) is 6.79 Å². The summed E-state index contributed by atoms with van der Waals surface area (Å²) in [7, 11) is -3.92. The highest BCUT2D eigenvalue weighted by Gasteiger charge is 2.19. The number of ether oxygens (including phenoxy) is 3. The minimum absolute atomic E-state index is 0.0435. The Labute approximate surface area is 191 Å². The van der Waals surface area contributed by atoms with Crippen molar-refractivity contribution < 1.29 is 27.4 Å². The van der Waals surface area contributed by atoms with Crippen molar-refractivity contribution in [3.63, 3.8) is 0 Å². The summed E-state index contributed by atoms with van der Waals surface area (Å²) < 4.78 is 44.0. The third kappa shape index (κ3) is 5.24. The van der Waals surface area contributed by atoms with Gasteiger partial charge in [-0.25, -0.2) is 13.8 Å². The number of nitrogens with zero attached hydrogens (tertiary/aromatic N) is 1. The third-order valence-electron chi connectivity index (χ3n) is 4.64. The summed E-state index contributed by atoms with van der Waals surface area (Å²) in [5, 5.41) is 3.95. The van der Waals surface area contributed by atoms with E-state index < -0.39 is 15.9 Å². The predicted octanol–water partition coefficient (Wildman–Crippen LogP) is 3.38. The van der Waals surface area contributed by atoms with Gasteiger partial charge in [0, 0.05) is 0 Å². The molecule has 0 bridgehead atoms. The van der Waals surface area contributed by atoms with E-state index in [9.17, 15) is 13.2 Å². The van der Waals surface area contributed by atoms with Crippen LogP contribution in [0.2, 0.25) is 0 Å². The van der Waals surface area contributed by atoms with Gasteiger partial charge in [-0.3, -0.25) is 9.52 Å². The van der Waals surface area contributed by atoms with Crippen molar-refractivity contribution in [1.82, 2.24) is 5.43 Å². The van der Waals surface area contributed by atoms with Crippen LogP contribution in [0.4, 0.5) is 5.69 Å². The van der Waals surface area contributed by atoms with E-state index in [1.807, 2.05) is 6.92 Å². The molecule has 4 rings (SSSR count). The fourth-order valence-corrected chi connectivity index (χ4v) is 4.15. The minimum Gasteiger partial charge on any atom is -0.494 e. The molecule has 1 heterocycles. The third-order valence-corrected chi connectivity index (χ3v) is 6.02. The second-order valence-corrected chi connectivity index (χ2v) is 8.55. The first-order chi connectivity index (χ1) is 16.0. The quantitative estimate of drug-likeness (QED) is 0.388. The number of fused-ring (bicyclic) bond motifs is 1. The molecule has 0 aliphatic carbocycles. The number of benzene rings is 3. The molecule has 0 saturated carbocycles. The van der Waals surface area contributed by atoms with Crippen molar-refractivity contribution in [2.45, 2.75) is 11.8 Å². The van der Waals surface area contributed by atoms with Crippen LogP contribution < -0.4 is 24.4 Å². The number of rotatable bonds is 8. The van der Waals surface area contributed by atoms with Gasteiger partial charge in [0.25, 0.3) is 15.9 Å². The molecule has 3 aromatic carbocycles. The largest absolute Gasteiger partial charge is 0.494 e. The molecule has 1 aliphatic rings. The van der Waals surface area contributed by atoms with Crippen LogP contribution in [0.3, 0.4) is 0 Å². The molecule has 0 aromatic heterocycles. The van der Waals surface area contributed by atoms with E-state index in [2.05, 4.69) is 15.2 Å². The first-order valence-corrected chi connectivity index (χ1v) is 11.5. The Morgan fingerprint density at radius 2 is 1.82 bits per heavy atom. The number of sulfonamides is 1. The van der Waals surface area contributed by atoms with Gasteiger partial charge in [0.1, 0.15) is 5.75 Å². The fraction of sp³-hybridized carbons (Fsp3) is 0.130. The van der Waals surface area contributed by atoms with Crippen molar-refractivity contribution >= 4 is 27.8 Å². The summed E-state index contributed by atoms with van der Waals surface area (Å²) in [5.74, 6) is 1.23. The zero-order valence-corrected chi connectivity index (χ0v) is 18.5. The number of hydrogen-bond acceptors (Lipinski definition) is 7. The van der Waals surface area contributed by atoms with E-state index in [0.29, 0.717) is 29.4 Å². The Morgan fingerprint density at radius 3 is 2.61 bits per heavy atom. The first kappa shape index (κ1) is 22.2. The van der Waals surface area contributed by atoms with E-state index in [1.165, 1.54) is 30.5 Å². The molecule has 1 aliphatic heterocycles. The number of nitrogens with one attached hydrogen (secondary N) is 2. The Morgan fingerprint density at radius 1 is 1.06 bits per heavy atom. The monoisotopic (exact) mass is 467 g/mol. The van der Waals surface area contributed by atoms with Gasteiger partial charge >= 0.3 is 0 Å². The maximum absolute atomic E-state index is 12.8. The zero-order chi connectivity index (χ0) is 23.3. The van der Waals surface area contributed by atoms with E-state index in [4.69, 9.17) is 14.2 Å². The maximum atomic E-state index is 12.8. The molecule has 2 N–H and O–H groups in total. The maximum Gasteiger partial charge on any atom is 0.273 e. The van der Waals surface area contributed by atoms with Gasteiger partial charge in [-0.1, -0.05) is 12.1 Å². The van der Waals surface area contributed by atoms with Crippen molar-refractivity contribution in [1.29, 1.82) is 0 Å². The number of carbonyl (C=O) groups excluding carboxylic acids is 1. The summed E-state index contributed by atoms with van der Waals surface area (Å²) in [6.07, 6.45) is 1.45. The lowest BCUT2D eigenvalue weighted by molar-refractivity contribution is 0.0956. The van der Waals surface area contributed by atoms with E-state index in [1.54, 1.807) is 42.5 Å². The van der Waals surface area contributed by atoms with Gasteiger partial charge in [-0.2, -0.15) is 5.10 Å². The summed E-state index contributed by atoms with van der Waals surface area (Å²) in [4.78, 5) is 12.7. The van der Waals surface area contributed by atoms with Crippen molar-refractivity contribution in [3.8, 4) is 17.2 Å². The number of para-hydroxylation sites is 1. The Hall–Kier alpha value is -4.05. The first-order valence-electron chi connectivity index (χ1n) is 10.0. The molecule has 1 amide bonds. The topological polar surface area (TPSA) is 115 Å². The highest BCUT2D eigenvalue weighted by molar-refractivity contribution is 7.92. The minimum atomic E-state index is -3.92. The molecule has 9 nitrogen and oxygen atoms in total. The van der Waals surface area contributed by atoms with Crippen LogP contribution in [-0.4, -0.2) is 33.9 Å². The van der Waals surface area contributed by atoms with E-state index in [-0.39, 0.29) is 22.9 Å². The number of hydrazone groups is 1. The van der Waals surface area contributed by atoms with Crippen LogP contribution in [0.1, 0.15) is 22.8 Å². The van der Waals surface area contributed by atoms with Crippen LogP contribution in [0.25, 0.3) is 0 Å². The van der Waals surface area contributed by atoms with Crippen molar-refractivity contribution in [2.24, 2.45) is 5.10 Å². The smallest absolute Gasteiger partial charge is 0.273 e. The SMILES string of the molecule is CCOc1ccc(S(=O)(=O)Nc2ccccc2C(=O)NN=Cc2ccc3c(c2)OCO3)cc1. The molecule has 0 unspecified atom stereocenters. The second-order valence-electron chi connectivity index (χ2n) is 6.87. The number of anilines is 1. The molecule has 0 radical (unpaired) electrons. The number of amides is 1. The molecule has 170 valence electrons. The lowest BCUT2D eigenvalue weighted by Gasteiger charge is -2.12. The number of hydrogen-bond donors (Lipinski definition) is 2. The van der Waals surface area contributed by atoms with Crippen LogP contribution in [0.5, 0.6) is 17.2 Å². The molecule has 0 saturated heterocycles. The molecule has 10 heteroatoms. The summed E-state index contributed by atoms with van der Waals surface area (Å²) in [6.45, 7) is 2.48. The summed E-state index contributed by atoms with van der Waals surface area (Å²) in [6, 6.07) is 17.5. The molecule has 33 heavy (non-hydrogen) atoms. The lowest BCUT2D eigenvalue weighted by Crippen LogP contribution is -2.21. The molecule has 0 fully saturated rings. The Kier molecular flexibility index (Phi) is 6.45. The second kappa shape index (κ2) is 9.61. The van der Waals surface area contributed by atoms with Gasteiger partial charge in [-0.15, -0.1) is 0 Å². The molecular weight excluding hydrogens is 446 g/mol. The molecule has 0 spiro atoms. The van der Waals surface area contributed by atoms with Crippen LogP contribution in [0, 0.1) is 0 Å². The predicted molar refractivity (Wildman–Crippen MR) is 122 cm³/mol. The fourth-order valence-electron chi connectivity index (χ4n) is 3.07. The molecule has 3 aromatic rings. The summed E-state index contributed by atoms with van der Waals surface area (Å²) in [5.41, 5.74) is 3.36. The standard InChI is InChI=1S/C23H21N3O6S/c1-2-30-17-8-10-18(11-9-17)33(28,29)26-20-6-4-3-5-19(20)23(27)25-24-14-16-7-12-21-22(13-16)32-15-31-21/h3-14,26H,2,15H2,1H3,(H,25,27). The number of carbonyl (C=O) groups is 1. The summed E-state index contributed by atoms with van der Waals surface area (Å²) >= 11 is 0. The highest BCUT2D eigenvalue weighted by atomic mass is 32.2. The van der Waals surface area contributed by atoms with Crippen LogP contribution in [0.15, 0.2) is 76.7 Å². The van der Waals surface area contributed by atoms with Crippen molar-refractivity contribution in [3.05, 3.63) is 77.9 Å².